The van der Waals surface area contributed by atoms with Crippen molar-refractivity contribution in [2.24, 2.45) is 5.92 Å². The zero-order chi connectivity index (χ0) is 12.7. The Labute approximate surface area is 109 Å². The summed E-state index contributed by atoms with van der Waals surface area (Å²) in [7, 11) is 0. The molecule has 0 aliphatic heterocycles. The van der Waals surface area contributed by atoms with Crippen LogP contribution in [0.1, 0.15) is 19.5 Å². The first-order chi connectivity index (χ1) is 8.65. The second-order valence-corrected chi connectivity index (χ2v) is 5.08. The number of hydrogen-bond donors (Lipinski definition) is 0. The molecule has 5 heteroatoms. The molecule has 3 rings (SSSR count). The predicted molar refractivity (Wildman–Crippen MR) is 70.7 cm³/mol. The van der Waals surface area contributed by atoms with Crippen molar-refractivity contribution in [3.8, 4) is 0 Å². The highest BCUT2D eigenvalue weighted by Gasteiger charge is 2.14. The monoisotopic (exact) mass is 261 g/mol. The molecule has 0 aliphatic rings. The van der Waals surface area contributed by atoms with Gasteiger partial charge in [0, 0.05) is 11.6 Å². The first kappa shape index (κ1) is 11.4. The van der Waals surface area contributed by atoms with Gasteiger partial charge in [-0.05, 0) is 36.1 Å². The predicted octanol–water partition coefficient (Wildman–Crippen LogP) is 3.62. The first-order valence-electron chi connectivity index (χ1n) is 5.84. The van der Waals surface area contributed by atoms with E-state index in [1.54, 1.807) is 6.20 Å². The molecule has 0 unspecified atom stereocenters. The summed E-state index contributed by atoms with van der Waals surface area (Å²) < 4.78 is 5.34. The summed E-state index contributed by atoms with van der Waals surface area (Å²) >= 11 is 5.87. The third-order valence-electron chi connectivity index (χ3n) is 2.83. The van der Waals surface area contributed by atoms with E-state index in [1.807, 2.05) is 12.1 Å². The minimum absolute atomic E-state index is 0.242. The summed E-state index contributed by atoms with van der Waals surface area (Å²) in [5.41, 5.74) is 2.48. The molecule has 18 heavy (non-hydrogen) atoms. The summed E-state index contributed by atoms with van der Waals surface area (Å²) in [6, 6.07) is 3.81. The molecule has 2 aromatic heterocycles. The second-order valence-electron chi connectivity index (χ2n) is 4.74. The lowest BCUT2D eigenvalue weighted by molar-refractivity contribution is 0.439. The molecule has 0 saturated heterocycles. The van der Waals surface area contributed by atoms with Crippen LogP contribution in [0.3, 0.4) is 0 Å². The molecular formula is C13H12ClN3O. The van der Waals surface area contributed by atoms with Gasteiger partial charge < -0.3 is 4.52 Å². The number of hydrogen-bond acceptors (Lipinski definition) is 4. The highest BCUT2D eigenvalue weighted by molar-refractivity contribution is 6.28. The van der Waals surface area contributed by atoms with Crippen LogP contribution in [-0.4, -0.2) is 15.1 Å². The fourth-order valence-corrected chi connectivity index (χ4v) is 2.22. The van der Waals surface area contributed by atoms with Crippen molar-refractivity contribution in [1.29, 1.82) is 0 Å². The maximum absolute atomic E-state index is 5.87. The van der Waals surface area contributed by atoms with E-state index >= 15 is 0 Å². The van der Waals surface area contributed by atoms with Gasteiger partial charge in [-0.2, -0.15) is 0 Å². The van der Waals surface area contributed by atoms with Gasteiger partial charge >= 0.3 is 0 Å². The van der Waals surface area contributed by atoms with Crippen LogP contribution in [0.2, 0.25) is 5.28 Å². The Kier molecular flexibility index (Phi) is 2.67. The molecule has 0 atom stereocenters. The molecule has 92 valence electrons. The van der Waals surface area contributed by atoms with Gasteiger partial charge in [0.2, 0.25) is 5.28 Å². The lowest BCUT2D eigenvalue weighted by Gasteiger charge is -2.02. The van der Waals surface area contributed by atoms with E-state index in [4.69, 9.17) is 16.1 Å². The summed E-state index contributed by atoms with van der Waals surface area (Å²) in [6.07, 6.45) is 2.57. The van der Waals surface area contributed by atoms with Crippen LogP contribution in [0, 0.1) is 5.92 Å². The van der Waals surface area contributed by atoms with Crippen LogP contribution >= 0.6 is 11.6 Å². The van der Waals surface area contributed by atoms with Gasteiger partial charge in [0.05, 0.1) is 16.6 Å². The van der Waals surface area contributed by atoms with E-state index in [1.165, 1.54) is 0 Å². The number of halogens is 1. The zero-order valence-electron chi connectivity index (χ0n) is 10.1. The van der Waals surface area contributed by atoms with Crippen molar-refractivity contribution in [1.82, 2.24) is 15.1 Å². The van der Waals surface area contributed by atoms with Gasteiger partial charge in [-0.1, -0.05) is 19.0 Å². The Balaban J connectivity index is 2.35. The Morgan fingerprint density at radius 3 is 2.94 bits per heavy atom. The number of aromatic nitrogens is 3. The Morgan fingerprint density at radius 2 is 2.17 bits per heavy atom. The van der Waals surface area contributed by atoms with Crippen molar-refractivity contribution >= 4 is 33.5 Å². The maximum atomic E-state index is 5.87. The van der Waals surface area contributed by atoms with Crippen molar-refractivity contribution in [2.45, 2.75) is 20.3 Å². The Bertz CT molecular complexity index is 721. The smallest absolute Gasteiger partial charge is 0.222 e. The SMILES string of the molecule is CC(C)Cc1noc2ccc3cnc(Cl)nc3c12. The Morgan fingerprint density at radius 1 is 1.33 bits per heavy atom. The second kappa shape index (κ2) is 4.21. The van der Waals surface area contributed by atoms with Gasteiger partial charge in [-0.3, -0.25) is 0 Å². The topological polar surface area (TPSA) is 51.8 Å². The van der Waals surface area contributed by atoms with Crippen molar-refractivity contribution < 1.29 is 4.52 Å². The molecule has 3 aromatic rings. The number of fused-ring (bicyclic) bond motifs is 3. The maximum Gasteiger partial charge on any atom is 0.222 e. The molecule has 0 amide bonds. The van der Waals surface area contributed by atoms with E-state index in [0.717, 1.165) is 34.0 Å². The number of nitrogens with zero attached hydrogens (tertiary/aromatic N) is 3. The fraction of sp³-hybridized carbons (Fsp3) is 0.308. The van der Waals surface area contributed by atoms with E-state index in [0.29, 0.717) is 5.92 Å². The largest absolute Gasteiger partial charge is 0.356 e. The minimum atomic E-state index is 0.242. The molecule has 0 saturated carbocycles. The normalized spacial score (nSPS) is 11.8. The highest BCUT2D eigenvalue weighted by atomic mass is 35.5. The first-order valence-corrected chi connectivity index (χ1v) is 6.22. The fourth-order valence-electron chi connectivity index (χ4n) is 2.09. The van der Waals surface area contributed by atoms with Gasteiger partial charge in [-0.15, -0.1) is 0 Å². The van der Waals surface area contributed by atoms with E-state index in [9.17, 15) is 0 Å². The zero-order valence-corrected chi connectivity index (χ0v) is 10.9. The summed E-state index contributed by atoms with van der Waals surface area (Å²) in [5.74, 6) is 0.505. The summed E-state index contributed by atoms with van der Waals surface area (Å²) in [6.45, 7) is 4.29. The van der Waals surface area contributed by atoms with Crippen LogP contribution in [0.25, 0.3) is 21.9 Å². The van der Waals surface area contributed by atoms with E-state index in [-0.39, 0.29) is 5.28 Å². The van der Waals surface area contributed by atoms with Crippen LogP contribution < -0.4 is 0 Å². The average Bonchev–Trinajstić information content (AvgIpc) is 2.72. The van der Waals surface area contributed by atoms with Crippen molar-refractivity contribution in [3.63, 3.8) is 0 Å². The molecule has 0 bridgehead atoms. The van der Waals surface area contributed by atoms with Crippen molar-refractivity contribution in [2.75, 3.05) is 0 Å². The van der Waals surface area contributed by atoms with Crippen LogP contribution in [0.4, 0.5) is 0 Å². The van der Waals surface area contributed by atoms with Gasteiger partial charge in [0.1, 0.15) is 0 Å². The van der Waals surface area contributed by atoms with Crippen LogP contribution in [-0.2, 0) is 6.42 Å². The van der Waals surface area contributed by atoms with Gasteiger partial charge in [-0.25, -0.2) is 9.97 Å². The third kappa shape index (κ3) is 1.82. The van der Waals surface area contributed by atoms with Gasteiger partial charge in [0.15, 0.2) is 5.58 Å². The molecule has 0 aliphatic carbocycles. The summed E-state index contributed by atoms with van der Waals surface area (Å²) in [4.78, 5) is 8.29. The quantitative estimate of drug-likeness (QED) is 0.661. The third-order valence-corrected chi connectivity index (χ3v) is 3.01. The number of rotatable bonds is 2. The molecule has 4 nitrogen and oxygen atoms in total. The van der Waals surface area contributed by atoms with E-state index < -0.39 is 0 Å². The lowest BCUT2D eigenvalue weighted by atomic mass is 10.0. The van der Waals surface area contributed by atoms with Crippen molar-refractivity contribution in [3.05, 3.63) is 29.3 Å². The van der Waals surface area contributed by atoms with E-state index in [2.05, 4.69) is 29.0 Å². The van der Waals surface area contributed by atoms with Crippen LogP contribution in [0.5, 0.6) is 0 Å². The van der Waals surface area contributed by atoms with Crippen LogP contribution in [0.15, 0.2) is 22.9 Å². The molecule has 1 aromatic carbocycles. The molecule has 0 spiro atoms. The molecule has 0 fully saturated rings. The minimum Gasteiger partial charge on any atom is -0.356 e. The van der Waals surface area contributed by atoms with Gasteiger partial charge in [0.25, 0.3) is 0 Å². The summed E-state index contributed by atoms with van der Waals surface area (Å²) in [5, 5.41) is 6.27. The number of benzene rings is 1. The average molecular weight is 262 g/mol. The molecular weight excluding hydrogens is 250 g/mol. The molecule has 2 heterocycles. The standard InChI is InChI=1S/C13H12ClN3O/c1-7(2)5-9-11-10(18-17-9)4-3-8-6-15-13(14)16-12(8)11/h3-4,6-7H,5H2,1-2H3. The highest BCUT2D eigenvalue weighted by Crippen LogP contribution is 2.28. The molecule has 0 N–H and O–H groups in total. The Hall–Kier alpha value is -1.68. The molecule has 0 radical (unpaired) electrons. The lowest BCUT2D eigenvalue weighted by Crippen LogP contribution is -1.95.